The van der Waals surface area contributed by atoms with Gasteiger partial charge in [0.15, 0.2) is 0 Å². The van der Waals surface area contributed by atoms with E-state index in [0.717, 1.165) is 0 Å². The Labute approximate surface area is 75.1 Å². The minimum Gasteiger partial charge on any atom is -0.476 e. The number of nitrogens with one attached hydrogen (secondary N) is 1. The molecule has 1 unspecified atom stereocenters. The van der Waals surface area contributed by atoms with Crippen molar-refractivity contribution in [1.29, 1.82) is 0 Å². The predicted molar refractivity (Wildman–Crippen MR) is 43.0 cm³/mol. The van der Waals surface area contributed by atoms with Crippen molar-refractivity contribution in [2.45, 2.75) is 19.3 Å². The third-order valence-corrected chi connectivity index (χ3v) is 2.12. The fourth-order valence-electron chi connectivity index (χ4n) is 1.33. The normalized spacial score (nSPS) is 21.2. The van der Waals surface area contributed by atoms with Crippen molar-refractivity contribution in [3.8, 4) is 0 Å². The summed E-state index contributed by atoms with van der Waals surface area (Å²) in [5.41, 5.74) is 0. The lowest BCUT2D eigenvalue weighted by atomic mass is 10.0. The molecule has 0 spiro atoms. The minimum atomic E-state index is -1.42. The summed E-state index contributed by atoms with van der Waals surface area (Å²) in [6.45, 7) is 0.630. The molecule has 5 nitrogen and oxygen atoms in total. The molecule has 0 saturated carbocycles. The van der Waals surface area contributed by atoms with Gasteiger partial charge in [0.05, 0.1) is 0 Å². The van der Waals surface area contributed by atoms with Gasteiger partial charge in [0.1, 0.15) is 0 Å². The highest BCUT2D eigenvalue weighted by atomic mass is 16.4. The van der Waals surface area contributed by atoms with E-state index in [9.17, 15) is 14.4 Å². The zero-order chi connectivity index (χ0) is 9.84. The zero-order valence-corrected chi connectivity index (χ0v) is 7.08. The lowest BCUT2D eigenvalue weighted by molar-refractivity contribution is -0.149. The Kier molecular flexibility index (Phi) is 3.00. The fraction of sp³-hybridized carbons (Fsp3) is 0.625. The van der Waals surface area contributed by atoms with Crippen LogP contribution in [-0.4, -0.2) is 29.3 Å². The highest BCUT2D eigenvalue weighted by Crippen LogP contribution is 2.15. The topological polar surface area (TPSA) is 83.5 Å². The largest absolute Gasteiger partial charge is 0.476 e. The summed E-state index contributed by atoms with van der Waals surface area (Å²) in [6, 6.07) is 0. The molecule has 0 bridgehead atoms. The molecule has 0 aromatic rings. The number of hydrogen-bond donors (Lipinski definition) is 2. The van der Waals surface area contributed by atoms with Gasteiger partial charge in [0.2, 0.25) is 11.7 Å². The van der Waals surface area contributed by atoms with Crippen molar-refractivity contribution in [2.75, 3.05) is 6.54 Å². The van der Waals surface area contributed by atoms with Crippen LogP contribution in [0.3, 0.4) is 0 Å². The monoisotopic (exact) mass is 185 g/mol. The van der Waals surface area contributed by atoms with E-state index in [1.807, 2.05) is 0 Å². The number of carbonyl (C=O) groups excluding carboxylic acids is 2. The molecule has 13 heavy (non-hydrogen) atoms. The smallest absolute Gasteiger partial charge is 0.372 e. The van der Waals surface area contributed by atoms with E-state index in [-0.39, 0.29) is 18.2 Å². The Hall–Kier alpha value is -1.39. The second kappa shape index (κ2) is 4.02. The van der Waals surface area contributed by atoms with E-state index in [0.29, 0.717) is 19.4 Å². The van der Waals surface area contributed by atoms with E-state index < -0.39 is 11.8 Å². The van der Waals surface area contributed by atoms with E-state index in [1.165, 1.54) is 0 Å². The number of aliphatic carboxylic acids is 1. The van der Waals surface area contributed by atoms with Gasteiger partial charge in [0, 0.05) is 18.9 Å². The van der Waals surface area contributed by atoms with Crippen molar-refractivity contribution >= 4 is 17.7 Å². The second-order valence-electron chi connectivity index (χ2n) is 3.04. The van der Waals surface area contributed by atoms with Crippen molar-refractivity contribution in [3.63, 3.8) is 0 Å². The standard InChI is InChI=1S/C8H11NO4/c10-6(8(12)13)2-1-5-3-4-9-7(5)11/h5H,1-4H2,(H,9,11)(H,12,13). The molecule has 2 N–H and O–H groups in total. The zero-order valence-electron chi connectivity index (χ0n) is 7.08. The van der Waals surface area contributed by atoms with Crippen LogP contribution in [0.1, 0.15) is 19.3 Å². The molecule has 1 atom stereocenters. The molecular formula is C8H11NO4. The number of carboxylic acids is 1. The molecule has 1 saturated heterocycles. The molecule has 0 radical (unpaired) electrons. The number of hydrogen-bond acceptors (Lipinski definition) is 3. The summed E-state index contributed by atoms with van der Waals surface area (Å²) >= 11 is 0. The summed E-state index contributed by atoms with van der Waals surface area (Å²) in [6.07, 6.45) is 0.996. The Bertz CT molecular complexity index is 249. The molecule has 1 heterocycles. The average Bonchev–Trinajstić information content (AvgIpc) is 2.47. The molecular weight excluding hydrogens is 174 g/mol. The summed E-state index contributed by atoms with van der Waals surface area (Å²) in [5.74, 6) is -2.49. The van der Waals surface area contributed by atoms with Crippen LogP contribution in [0.5, 0.6) is 0 Å². The number of Topliss-reactive ketones (excluding diaryl/α,β-unsaturated/α-hetero) is 1. The number of amides is 1. The lowest BCUT2D eigenvalue weighted by Gasteiger charge is -2.02. The molecule has 1 aliphatic rings. The second-order valence-corrected chi connectivity index (χ2v) is 3.04. The van der Waals surface area contributed by atoms with Crippen molar-refractivity contribution in [3.05, 3.63) is 0 Å². The van der Waals surface area contributed by atoms with Crippen LogP contribution in [0.25, 0.3) is 0 Å². The average molecular weight is 185 g/mol. The SMILES string of the molecule is O=C(O)C(=O)CCC1CCNC1=O. The van der Waals surface area contributed by atoms with Crippen LogP contribution < -0.4 is 5.32 Å². The first-order valence-electron chi connectivity index (χ1n) is 4.15. The van der Waals surface area contributed by atoms with Crippen molar-refractivity contribution in [2.24, 2.45) is 5.92 Å². The molecule has 0 aromatic heterocycles. The van der Waals surface area contributed by atoms with Gasteiger partial charge in [-0.3, -0.25) is 9.59 Å². The maximum absolute atomic E-state index is 11.0. The first-order chi connectivity index (χ1) is 6.11. The molecule has 72 valence electrons. The Morgan fingerprint density at radius 2 is 2.23 bits per heavy atom. The van der Waals surface area contributed by atoms with Gasteiger partial charge in [-0.2, -0.15) is 0 Å². The molecule has 1 rings (SSSR count). The molecule has 0 aliphatic carbocycles. The van der Waals surface area contributed by atoms with Crippen LogP contribution in [0.15, 0.2) is 0 Å². The van der Waals surface area contributed by atoms with Gasteiger partial charge in [-0.1, -0.05) is 0 Å². The van der Waals surface area contributed by atoms with E-state index in [2.05, 4.69) is 5.32 Å². The predicted octanol–water partition coefficient (Wildman–Crippen LogP) is -0.444. The molecule has 1 aliphatic heterocycles. The minimum absolute atomic E-state index is 0.0482. The van der Waals surface area contributed by atoms with Crippen LogP contribution in [0.4, 0.5) is 0 Å². The Morgan fingerprint density at radius 3 is 2.69 bits per heavy atom. The summed E-state index contributed by atoms with van der Waals surface area (Å²) in [7, 11) is 0. The quantitative estimate of drug-likeness (QED) is 0.581. The van der Waals surface area contributed by atoms with Gasteiger partial charge in [0.25, 0.3) is 0 Å². The van der Waals surface area contributed by atoms with E-state index in [4.69, 9.17) is 5.11 Å². The highest BCUT2D eigenvalue weighted by Gasteiger charge is 2.25. The van der Waals surface area contributed by atoms with Gasteiger partial charge in [-0.25, -0.2) is 4.79 Å². The van der Waals surface area contributed by atoms with Gasteiger partial charge < -0.3 is 10.4 Å². The number of carboxylic acid groups (broad SMARTS) is 1. The summed E-state index contributed by atoms with van der Waals surface area (Å²) in [4.78, 5) is 31.8. The van der Waals surface area contributed by atoms with Crippen LogP contribution >= 0.6 is 0 Å². The maximum Gasteiger partial charge on any atom is 0.372 e. The lowest BCUT2D eigenvalue weighted by Crippen LogP contribution is -2.20. The van der Waals surface area contributed by atoms with Crippen molar-refractivity contribution in [1.82, 2.24) is 5.32 Å². The van der Waals surface area contributed by atoms with Gasteiger partial charge >= 0.3 is 5.97 Å². The fourth-order valence-corrected chi connectivity index (χ4v) is 1.33. The Balaban J connectivity index is 2.30. The third kappa shape index (κ3) is 2.54. The van der Waals surface area contributed by atoms with Gasteiger partial charge in [-0.15, -0.1) is 0 Å². The molecule has 1 fully saturated rings. The van der Waals surface area contributed by atoms with Crippen LogP contribution in [-0.2, 0) is 14.4 Å². The van der Waals surface area contributed by atoms with Crippen molar-refractivity contribution < 1.29 is 19.5 Å². The van der Waals surface area contributed by atoms with Crippen LogP contribution in [0.2, 0.25) is 0 Å². The van der Waals surface area contributed by atoms with Gasteiger partial charge in [-0.05, 0) is 12.8 Å². The summed E-state index contributed by atoms with van der Waals surface area (Å²) in [5, 5.41) is 10.9. The van der Waals surface area contributed by atoms with E-state index >= 15 is 0 Å². The first-order valence-corrected chi connectivity index (χ1v) is 4.15. The molecule has 0 aromatic carbocycles. The number of ketones is 1. The third-order valence-electron chi connectivity index (χ3n) is 2.12. The number of carbonyl (C=O) groups is 3. The highest BCUT2D eigenvalue weighted by molar-refractivity contribution is 6.32. The Morgan fingerprint density at radius 1 is 1.54 bits per heavy atom. The summed E-state index contributed by atoms with van der Waals surface area (Å²) < 4.78 is 0. The van der Waals surface area contributed by atoms with Crippen LogP contribution in [0, 0.1) is 5.92 Å². The maximum atomic E-state index is 11.0. The molecule has 5 heteroatoms. The number of rotatable bonds is 4. The van der Waals surface area contributed by atoms with E-state index in [1.54, 1.807) is 0 Å². The molecule has 1 amide bonds. The first kappa shape index (κ1) is 9.70.